The first-order valence-corrected chi connectivity index (χ1v) is 11.2. The topological polar surface area (TPSA) is 104 Å². The van der Waals surface area contributed by atoms with Crippen molar-refractivity contribution in [3.63, 3.8) is 0 Å². The molecule has 0 aliphatic carbocycles. The molecule has 1 aliphatic rings. The molecule has 0 atom stereocenters. The quantitative estimate of drug-likeness (QED) is 0.649. The molecule has 0 unspecified atom stereocenters. The molecule has 0 radical (unpaired) electrons. The van der Waals surface area contributed by atoms with Gasteiger partial charge < -0.3 is 15.5 Å². The number of H-pyrrole nitrogens is 1. The smallest absolute Gasteiger partial charge is 0.330 e. The summed E-state index contributed by atoms with van der Waals surface area (Å²) in [6, 6.07) is 9.29. The lowest BCUT2D eigenvalue weighted by Crippen LogP contribution is -2.42. The van der Waals surface area contributed by atoms with Gasteiger partial charge in [-0.3, -0.25) is 19.1 Å². The molecule has 1 aromatic carbocycles. The SMILES string of the molecule is CCN(C(=O)CSC(=S)N1CCCC1)c1c(N)n(Cc2ccccc2)c(=O)[nH]c1=O. The second-order valence-electron chi connectivity index (χ2n) is 6.95. The Balaban J connectivity index is 1.83. The van der Waals surface area contributed by atoms with Crippen molar-refractivity contribution in [1.29, 1.82) is 0 Å². The molecule has 3 N–H and O–H groups in total. The van der Waals surface area contributed by atoms with Gasteiger partial charge in [-0.1, -0.05) is 54.3 Å². The Morgan fingerprint density at radius 2 is 1.90 bits per heavy atom. The number of thioether (sulfide) groups is 1. The monoisotopic (exact) mass is 447 g/mol. The van der Waals surface area contributed by atoms with Crippen LogP contribution in [0.15, 0.2) is 39.9 Å². The zero-order valence-corrected chi connectivity index (χ0v) is 18.4. The molecular weight excluding hydrogens is 422 g/mol. The number of nitrogens with one attached hydrogen (secondary N) is 1. The number of nitrogens with zero attached hydrogens (tertiary/aromatic N) is 3. The Kier molecular flexibility index (Phi) is 7.33. The van der Waals surface area contributed by atoms with Crippen molar-refractivity contribution >= 4 is 45.7 Å². The minimum atomic E-state index is -0.677. The van der Waals surface area contributed by atoms with Crippen molar-refractivity contribution in [1.82, 2.24) is 14.5 Å². The number of anilines is 2. The van der Waals surface area contributed by atoms with Gasteiger partial charge in [0.25, 0.3) is 5.56 Å². The lowest BCUT2D eigenvalue weighted by atomic mass is 10.2. The number of nitrogen functional groups attached to an aromatic ring is 1. The maximum atomic E-state index is 12.9. The van der Waals surface area contributed by atoms with Gasteiger partial charge in [0.2, 0.25) is 5.91 Å². The van der Waals surface area contributed by atoms with Gasteiger partial charge in [-0.25, -0.2) is 4.79 Å². The van der Waals surface area contributed by atoms with Crippen molar-refractivity contribution < 1.29 is 4.79 Å². The van der Waals surface area contributed by atoms with Gasteiger partial charge in [0.05, 0.1) is 12.3 Å². The maximum Gasteiger partial charge on any atom is 0.330 e. The molecule has 2 aromatic rings. The van der Waals surface area contributed by atoms with E-state index >= 15 is 0 Å². The van der Waals surface area contributed by atoms with Gasteiger partial charge in [0, 0.05) is 19.6 Å². The van der Waals surface area contributed by atoms with E-state index in [9.17, 15) is 14.4 Å². The Morgan fingerprint density at radius 3 is 2.53 bits per heavy atom. The average molecular weight is 448 g/mol. The lowest BCUT2D eigenvalue weighted by Gasteiger charge is -2.24. The number of carbonyl (C=O) groups excluding carboxylic acids is 1. The van der Waals surface area contributed by atoms with Crippen molar-refractivity contribution in [3.8, 4) is 0 Å². The highest BCUT2D eigenvalue weighted by atomic mass is 32.2. The zero-order chi connectivity index (χ0) is 21.7. The third-order valence-corrected chi connectivity index (χ3v) is 6.48. The number of nitrogens with two attached hydrogens (primary N) is 1. The van der Waals surface area contributed by atoms with Crippen LogP contribution in [-0.2, 0) is 11.3 Å². The average Bonchev–Trinajstić information content (AvgIpc) is 3.28. The van der Waals surface area contributed by atoms with Crippen LogP contribution in [0.25, 0.3) is 0 Å². The number of benzene rings is 1. The fourth-order valence-corrected chi connectivity index (χ4v) is 4.54. The number of hydrogen-bond acceptors (Lipinski definition) is 6. The van der Waals surface area contributed by atoms with Crippen LogP contribution in [0.5, 0.6) is 0 Å². The molecule has 2 heterocycles. The Labute approximate surface area is 184 Å². The van der Waals surface area contributed by atoms with E-state index < -0.39 is 11.2 Å². The second kappa shape index (κ2) is 9.94. The number of aromatic nitrogens is 2. The summed E-state index contributed by atoms with van der Waals surface area (Å²) in [6.07, 6.45) is 2.20. The van der Waals surface area contributed by atoms with Crippen LogP contribution in [-0.4, -0.2) is 50.1 Å². The largest absolute Gasteiger partial charge is 0.383 e. The maximum absolute atomic E-state index is 12.9. The van der Waals surface area contributed by atoms with E-state index in [1.807, 2.05) is 30.3 Å². The van der Waals surface area contributed by atoms with Gasteiger partial charge in [-0.05, 0) is 25.3 Å². The van der Waals surface area contributed by atoms with Gasteiger partial charge in [0.15, 0.2) is 5.69 Å². The van der Waals surface area contributed by atoms with Gasteiger partial charge in [-0.2, -0.15) is 0 Å². The molecule has 1 fully saturated rings. The standard InChI is InChI=1S/C20H25N5O3S2/c1-2-24(15(26)13-30-20(29)23-10-6-7-11-23)16-17(21)25(19(28)22-18(16)27)12-14-8-4-3-5-9-14/h3-5,8-9H,2,6-7,10-13,21H2,1H3,(H,22,27,28). The Bertz CT molecular complexity index is 1030. The molecule has 8 nitrogen and oxygen atoms in total. The first kappa shape index (κ1) is 22.1. The summed E-state index contributed by atoms with van der Waals surface area (Å²) >= 11 is 6.70. The number of likely N-dealkylation sites (tertiary alicyclic amines) is 1. The highest BCUT2D eigenvalue weighted by Crippen LogP contribution is 2.21. The molecular formula is C20H25N5O3S2. The number of carbonyl (C=O) groups is 1. The van der Waals surface area contributed by atoms with Crippen molar-refractivity contribution in [2.75, 3.05) is 36.0 Å². The Morgan fingerprint density at radius 1 is 1.23 bits per heavy atom. The van der Waals surface area contributed by atoms with E-state index in [-0.39, 0.29) is 36.3 Å². The number of amides is 1. The third-order valence-electron chi connectivity index (χ3n) is 4.97. The molecule has 0 saturated carbocycles. The fraction of sp³-hybridized carbons (Fsp3) is 0.400. The van der Waals surface area contributed by atoms with Gasteiger partial charge >= 0.3 is 5.69 Å². The van der Waals surface area contributed by atoms with Crippen LogP contribution >= 0.6 is 24.0 Å². The zero-order valence-electron chi connectivity index (χ0n) is 16.8. The molecule has 10 heteroatoms. The van der Waals surface area contributed by atoms with Crippen LogP contribution in [0.2, 0.25) is 0 Å². The molecule has 30 heavy (non-hydrogen) atoms. The summed E-state index contributed by atoms with van der Waals surface area (Å²) in [5, 5.41) is 0. The van der Waals surface area contributed by atoms with E-state index in [4.69, 9.17) is 18.0 Å². The van der Waals surface area contributed by atoms with Crippen molar-refractivity contribution in [2.24, 2.45) is 0 Å². The molecule has 0 spiro atoms. The number of aromatic amines is 1. The summed E-state index contributed by atoms with van der Waals surface area (Å²) in [5.41, 5.74) is 5.76. The summed E-state index contributed by atoms with van der Waals surface area (Å²) in [7, 11) is 0. The van der Waals surface area contributed by atoms with E-state index in [1.165, 1.54) is 21.2 Å². The second-order valence-corrected chi connectivity index (χ2v) is 8.56. The van der Waals surface area contributed by atoms with Gasteiger partial charge in [-0.15, -0.1) is 0 Å². The summed E-state index contributed by atoms with van der Waals surface area (Å²) in [5.74, 6) is -0.221. The first-order chi connectivity index (χ1) is 14.4. The summed E-state index contributed by atoms with van der Waals surface area (Å²) in [4.78, 5) is 43.5. The normalized spacial score (nSPS) is 13.4. The van der Waals surface area contributed by atoms with E-state index in [1.54, 1.807) is 6.92 Å². The number of hydrogen-bond donors (Lipinski definition) is 2. The number of rotatable bonds is 6. The highest BCUT2D eigenvalue weighted by molar-refractivity contribution is 8.23. The van der Waals surface area contributed by atoms with E-state index in [0.717, 1.165) is 31.5 Å². The summed E-state index contributed by atoms with van der Waals surface area (Å²) in [6.45, 7) is 4.01. The minimum Gasteiger partial charge on any atom is -0.383 e. The van der Waals surface area contributed by atoms with Crippen LogP contribution in [0.4, 0.5) is 11.5 Å². The molecule has 1 aromatic heterocycles. The third kappa shape index (κ3) is 4.93. The molecule has 1 saturated heterocycles. The first-order valence-electron chi connectivity index (χ1n) is 9.81. The van der Waals surface area contributed by atoms with Crippen LogP contribution < -0.4 is 21.9 Å². The summed E-state index contributed by atoms with van der Waals surface area (Å²) < 4.78 is 1.96. The molecule has 0 bridgehead atoms. The van der Waals surface area contributed by atoms with E-state index in [0.29, 0.717) is 4.32 Å². The predicted octanol–water partition coefficient (Wildman–Crippen LogP) is 1.63. The molecule has 160 valence electrons. The van der Waals surface area contributed by atoms with Crippen molar-refractivity contribution in [3.05, 3.63) is 56.7 Å². The van der Waals surface area contributed by atoms with Crippen LogP contribution in [0.1, 0.15) is 25.3 Å². The number of thiocarbonyl (C=S) groups is 1. The lowest BCUT2D eigenvalue weighted by molar-refractivity contribution is -0.116. The van der Waals surface area contributed by atoms with Gasteiger partial charge in [0.1, 0.15) is 10.1 Å². The fourth-order valence-electron chi connectivity index (χ4n) is 3.41. The van der Waals surface area contributed by atoms with Crippen LogP contribution in [0, 0.1) is 0 Å². The van der Waals surface area contributed by atoms with Crippen LogP contribution in [0.3, 0.4) is 0 Å². The van der Waals surface area contributed by atoms with E-state index in [2.05, 4.69) is 9.88 Å². The molecule has 1 aliphatic heterocycles. The highest BCUT2D eigenvalue weighted by Gasteiger charge is 2.24. The predicted molar refractivity (Wildman–Crippen MR) is 125 cm³/mol. The molecule has 3 rings (SSSR count). The Hall–Kier alpha value is -2.59. The van der Waals surface area contributed by atoms with Crippen molar-refractivity contribution in [2.45, 2.75) is 26.3 Å². The minimum absolute atomic E-state index is 0.00859. The molecule has 1 amide bonds.